The maximum Gasteiger partial charge on any atom is 0.137 e. The van der Waals surface area contributed by atoms with Gasteiger partial charge in [-0.3, -0.25) is 0 Å². The van der Waals surface area contributed by atoms with Gasteiger partial charge in [-0.25, -0.2) is 0 Å². The van der Waals surface area contributed by atoms with Crippen molar-refractivity contribution in [3.05, 3.63) is 23.2 Å². The summed E-state index contributed by atoms with van der Waals surface area (Å²) in [5.74, 6) is 1.37. The van der Waals surface area contributed by atoms with Crippen molar-refractivity contribution in [3.63, 3.8) is 0 Å². The van der Waals surface area contributed by atoms with Crippen LogP contribution in [0.1, 0.15) is 13.8 Å². The highest BCUT2D eigenvalue weighted by atomic mass is 35.5. The number of anilines is 1. The molecule has 100 valence electrons. The fourth-order valence-electron chi connectivity index (χ4n) is 2.31. The molecule has 1 saturated heterocycles. The van der Waals surface area contributed by atoms with Gasteiger partial charge in [-0.2, -0.15) is 0 Å². The molecule has 0 aliphatic carbocycles. The standard InChI is InChI=1S/C14H21ClN2O/c1-10(2)13-9-17(7-6-16-13)11-4-5-14(18-3)12(15)8-11/h4-5,8,10,13,16H,6-7,9H2,1-3H3. The number of methoxy groups -OCH3 is 1. The monoisotopic (exact) mass is 268 g/mol. The summed E-state index contributed by atoms with van der Waals surface area (Å²) in [7, 11) is 1.64. The van der Waals surface area contributed by atoms with E-state index in [1.165, 1.54) is 5.69 Å². The smallest absolute Gasteiger partial charge is 0.137 e. The molecule has 1 aromatic carbocycles. The molecule has 0 amide bonds. The normalized spacial score (nSPS) is 20.3. The summed E-state index contributed by atoms with van der Waals surface area (Å²) < 4.78 is 5.18. The van der Waals surface area contributed by atoms with Crippen molar-refractivity contribution in [2.75, 3.05) is 31.6 Å². The van der Waals surface area contributed by atoms with Gasteiger partial charge in [0.1, 0.15) is 5.75 Å². The van der Waals surface area contributed by atoms with Crippen molar-refractivity contribution in [1.29, 1.82) is 0 Å². The first-order valence-electron chi connectivity index (χ1n) is 6.43. The molecule has 0 bridgehead atoms. The van der Waals surface area contributed by atoms with Gasteiger partial charge in [-0.15, -0.1) is 0 Å². The van der Waals surface area contributed by atoms with Crippen LogP contribution in [0.3, 0.4) is 0 Å². The van der Waals surface area contributed by atoms with Crippen molar-refractivity contribution in [1.82, 2.24) is 5.32 Å². The molecule has 0 radical (unpaired) electrons. The first-order valence-corrected chi connectivity index (χ1v) is 6.81. The van der Waals surface area contributed by atoms with Gasteiger partial charge in [0.2, 0.25) is 0 Å². The summed E-state index contributed by atoms with van der Waals surface area (Å²) in [5, 5.41) is 4.23. The van der Waals surface area contributed by atoms with E-state index in [2.05, 4.69) is 30.1 Å². The zero-order chi connectivity index (χ0) is 13.1. The zero-order valence-corrected chi connectivity index (χ0v) is 12.0. The summed E-state index contributed by atoms with van der Waals surface area (Å²) in [4.78, 5) is 2.38. The highest BCUT2D eigenvalue weighted by molar-refractivity contribution is 6.32. The maximum absolute atomic E-state index is 6.18. The van der Waals surface area contributed by atoms with Crippen LogP contribution in [0.4, 0.5) is 5.69 Å². The van der Waals surface area contributed by atoms with Crippen molar-refractivity contribution in [2.45, 2.75) is 19.9 Å². The van der Waals surface area contributed by atoms with Crippen LogP contribution in [0.2, 0.25) is 5.02 Å². The van der Waals surface area contributed by atoms with Crippen LogP contribution >= 0.6 is 11.6 Å². The van der Waals surface area contributed by atoms with Gasteiger partial charge in [-0.1, -0.05) is 25.4 Å². The molecule has 18 heavy (non-hydrogen) atoms. The molecule has 2 rings (SSSR count). The van der Waals surface area contributed by atoms with Crippen LogP contribution in [0, 0.1) is 5.92 Å². The molecule has 1 aliphatic rings. The lowest BCUT2D eigenvalue weighted by atomic mass is 10.0. The minimum atomic E-state index is 0.541. The van der Waals surface area contributed by atoms with Gasteiger partial charge in [0.15, 0.2) is 0 Å². The lowest BCUT2D eigenvalue weighted by Gasteiger charge is -2.37. The highest BCUT2D eigenvalue weighted by Gasteiger charge is 2.22. The van der Waals surface area contributed by atoms with Crippen molar-refractivity contribution < 1.29 is 4.74 Å². The fourth-order valence-corrected chi connectivity index (χ4v) is 2.56. The lowest BCUT2D eigenvalue weighted by molar-refractivity contribution is 0.368. The first kappa shape index (κ1) is 13.5. The van der Waals surface area contributed by atoms with Crippen LogP contribution in [-0.4, -0.2) is 32.8 Å². The SMILES string of the molecule is COc1ccc(N2CCNC(C(C)C)C2)cc1Cl. The van der Waals surface area contributed by atoms with Crippen molar-refractivity contribution in [3.8, 4) is 5.75 Å². The lowest BCUT2D eigenvalue weighted by Crippen LogP contribution is -2.52. The van der Waals surface area contributed by atoms with Crippen LogP contribution in [-0.2, 0) is 0 Å². The van der Waals surface area contributed by atoms with Crippen LogP contribution in [0.15, 0.2) is 18.2 Å². The zero-order valence-electron chi connectivity index (χ0n) is 11.2. The largest absolute Gasteiger partial charge is 0.495 e. The Morgan fingerprint density at radius 3 is 2.83 bits per heavy atom. The Labute approximate surface area is 114 Å². The number of nitrogens with zero attached hydrogens (tertiary/aromatic N) is 1. The molecule has 4 heteroatoms. The maximum atomic E-state index is 6.18. The molecule has 1 N–H and O–H groups in total. The van der Waals surface area contributed by atoms with E-state index in [9.17, 15) is 0 Å². The number of hydrogen-bond acceptors (Lipinski definition) is 3. The fraction of sp³-hybridized carbons (Fsp3) is 0.571. The van der Waals surface area contributed by atoms with E-state index in [0.29, 0.717) is 17.0 Å². The average molecular weight is 269 g/mol. The number of rotatable bonds is 3. The third-order valence-electron chi connectivity index (χ3n) is 3.51. The van der Waals surface area contributed by atoms with Gasteiger partial charge in [-0.05, 0) is 24.1 Å². The Kier molecular flexibility index (Phi) is 4.36. The quantitative estimate of drug-likeness (QED) is 0.912. The van der Waals surface area contributed by atoms with Crippen molar-refractivity contribution >= 4 is 17.3 Å². The molecule has 1 aromatic rings. The van der Waals surface area contributed by atoms with Crippen LogP contribution in [0.25, 0.3) is 0 Å². The molecule has 1 unspecified atom stereocenters. The molecular weight excluding hydrogens is 248 g/mol. The predicted octanol–water partition coefficient (Wildman–Crippen LogP) is 2.78. The highest BCUT2D eigenvalue weighted by Crippen LogP contribution is 2.29. The molecule has 0 aromatic heterocycles. The number of ether oxygens (including phenoxy) is 1. The number of nitrogens with one attached hydrogen (secondary N) is 1. The predicted molar refractivity (Wildman–Crippen MR) is 76.8 cm³/mol. The molecule has 0 saturated carbocycles. The molecule has 3 nitrogen and oxygen atoms in total. The Balaban J connectivity index is 2.13. The summed E-state index contributed by atoms with van der Waals surface area (Å²) in [5.41, 5.74) is 1.17. The van der Waals surface area contributed by atoms with Gasteiger partial charge >= 0.3 is 0 Å². The number of halogens is 1. The third-order valence-corrected chi connectivity index (χ3v) is 3.81. The summed E-state index contributed by atoms with van der Waals surface area (Å²) in [6.07, 6.45) is 0. The molecule has 1 heterocycles. The second-order valence-corrected chi connectivity index (χ2v) is 5.48. The van der Waals surface area contributed by atoms with Crippen LogP contribution in [0.5, 0.6) is 5.75 Å². The summed E-state index contributed by atoms with van der Waals surface area (Å²) in [6.45, 7) is 7.57. The van der Waals surface area contributed by atoms with E-state index >= 15 is 0 Å². The molecule has 0 spiro atoms. The Morgan fingerprint density at radius 2 is 2.22 bits per heavy atom. The summed E-state index contributed by atoms with van der Waals surface area (Å²) >= 11 is 6.18. The van der Waals surface area contributed by atoms with E-state index < -0.39 is 0 Å². The molecule has 1 fully saturated rings. The minimum Gasteiger partial charge on any atom is -0.495 e. The van der Waals surface area contributed by atoms with E-state index in [4.69, 9.17) is 16.3 Å². The number of hydrogen-bond donors (Lipinski definition) is 1. The molecular formula is C14H21ClN2O. The van der Waals surface area contributed by atoms with Gasteiger partial charge in [0.05, 0.1) is 12.1 Å². The van der Waals surface area contributed by atoms with Gasteiger partial charge < -0.3 is 15.0 Å². The van der Waals surface area contributed by atoms with Crippen LogP contribution < -0.4 is 15.0 Å². The average Bonchev–Trinajstić information content (AvgIpc) is 2.38. The summed E-state index contributed by atoms with van der Waals surface area (Å²) in [6, 6.07) is 6.54. The van der Waals surface area contributed by atoms with Gasteiger partial charge in [0, 0.05) is 31.4 Å². The number of benzene rings is 1. The topological polar surface area (TPSA) is 24.5 Å². The van der Waals surface area contributed by atoms with E-state index in [0.717, 1.165) is 25.4 Å². The third kappa shape index (κ3) is 2.90. The van der Waals surface area contributed by atoms with Crippen molar-refractivity contribution in [2.24, 2.45) is 5.92 Å². The van der Waals surface area contributed by atoms with E-state index in [1.807, 2.05) is 12.1 Å². The van der Waals surface area contributed by atoms with Gasteiger partial charge in [0.25, 0.3) is 0 Å². The Bertz CT molecular complexity index is 409. The second kappa shape index (κ2) is 5.81. The Hall–Kier alpha value is -0.930. The number of piperazine rings is 1. The Morgan fingerprint density at radius 1 is 1.44 bits per heavy atom. The molecule has 1 atom stereocenters. The molecule has 1 aliphatic heterocycles. The second-order valence-electron chi connectivity index (χ2n) is 5.07. The van der Waals surface area contributed by atoms with E-state index in [-0.39, 0.29) is 0 Å². The first-order chi connectivity index (χ1) is 8.61. The minimum absolute atomic E-state index is 0.541. The van der Waals surface area contributed by atoms with E-state index in [1.54, 1.807) is 7.11 Å².